The summed E-state index contributed by atoms with van der Waals surface area (Å²) in [5.41, 5.74) is 1.66. The molecule has 27 heavy (non-hydrogen) atoms. The Kier molecular flexibility index (Phi) is 5.88. The van der Waals surface area contributed by atoms with Crippen molar-refractivity contribution in [2.24, 2.45) is 5.92 Å². The minimum atomic E-state index is -0.618. The van der Waals surface area contributed by atoms with Gasteiger partial charge >= 0.3 is 0 Å². The number of phenolic OH excluding ortho intramolecular Hbond substituents is 1. The van der Waals surface area contributed by atoms with Gasteiger partial charge in [0.2, 0.25) is 5.91 Å². The van der Waals surface area contributed by atoms with Crippen LogP contribution in [0.15, 0.2) is 48.7 Å². The van der Waals surface area contributed by atoms with Crippen LogP contribution in [0.4, 0.5) is 0 Å². The Bertz CT molecular complexity index is 989. The number of carbonyl (C=O) groups is 1. The molecule has 0 aliphatic heterocycles. The number of rotatable bonds is 5. The Hall–Kier alpha value is -2.30. The lowest BCUT2D eigenvalue weighted by Gasteiger charge is -2.23. The van der Waals surface area contributed by atoms with Crippen LogP contribution in [0.2, 0.25) is 10.0 Å². The van der Waals surface area contributed by atoms with Crippen LogP contribution in [-0.2, 0) is 4.79 Å². The first-order valence-corrected chi connectivity index (χ1v) is 9.43. The van der Waals surface area contributed by atoms with Crippen molar-refractivity contribution >= 4 is 40.0 Å². The monoisotopic (exact) mass is 402 g/mol. The second-order valence-corrected chi connectivity index (χ2v) is 7.69. The van der Waals surface area contributed by atoms with Crippen LogP contribution in [0.5, 0.6) is 5.75 Å². The molecule has 2 aromatic carbocycles. The van der Waals surface area contributed by atoms with Crippen molar-refractivity contribution in [2.45, 2.75) is 26.3 Å². The number of halogens is 2. The van der Waals surface area contributed by atoms with Gasteiger partial charge in [0, 0.05) is 33.6 Å². The Morgan fingerprint density at radius 2 is 1.89 bits per heavy atom. The highest BCUT2D eigenvalue weighted by atomic mass is 35.5. The topological polar surface area (TPSA) is 62.2 Å². The third-order valence-electron chi connectivity index (χ3n) is 4.26. The molecule has 0 radical (unpaired) electrons. The Labute approximate surface area is 168 Å². The zero-order chi connectivity index (χ0) is 19.6. The first-order valence-electron chi connectivity index (χ1n) is 8.67. The van der Waals surface area contributed by atoms with Crippen molar-refractivity contribution in [1.82, 2.24) is 10.3 Å². The van der Waals surface area contributed by atoms with Gasteiger partial charge in [-0.2, -0.15) is 0 Å². The summed E-state index contributed by atoms with van der Waals surface area (Å²) in [4.78, 5) is 16.8. The van der Waals surface area contributed by atoms with Crippen LogP contribution in [0.25, 0.3) is 10.9 Å². The number of phenols is 1. The minimum Gasteiger partial charge on any atom is -0.505 e. The third-order valence-corrected chi connectivity index (χ3v) is 4.83. The van der Waals surface area contributed by atoms with Crippen LogP contribution in [0.1, 0.15) is 37.4 Å². The number of carbonyl (C=O) groups excluding carboxylic acids is 1. The molecule has 2 N–H and O–H groups in total. The van der Waals surface area contributed by atoms with Crippen molar-refractivity contribution in [3.63, 3.8) is 0 Å². The lowest BCUT2D eigenvalue weighted by Crippen LogP contribution is -2.30. The average molecular weight is 403 g/mol. The first-order chi connectivity index (χ1) is 12.9. The minimum absolute atomic E-state index is 0.0222. The molecule has 0 bridgehead atoms. The van der Waals surface area contributed by atoms with E-state index in [0.717, 1.165) is 5.39 Å². The van der Waals surface area contributed by atoms with Gasteiger partial charge in [0.25, 0.3) is 0 Å². The number of benzene rings is 2. The van der Waals surface area contributed by atoms with Crippen LogP contribution in [-0.4, -0.2) is 16.0 Å². The van der Waals surface area contributed by atoms with E-state index in [0.29, 0.717) is 33.1 Å². The van der Waals surface area contributed by atoms with Crippen molar-refractivity contribution in [3.05, 3.63) is 69.8 Å². The zero-order valence-corrected chi connectivity index (χ0v) is 16.6. The molecule has 140 valence electrons. The molecule has 1 amide bonds. The molecule has 1 aromatic heterocycles. The number of fused-ring (bicyclic) bond motifs is 1. The molecule has 3 aromatic rings. The smallest absolute Gasteiger partial charge is 0.221 e. The van der Waals surface area contributed by atoms with E-state index in [1.54, 1.807) is 36.5 Å². The molecule has 0 fully saturated rings. The normalized spacial score (nSPS) is 12.3. The maximum atomic E-state index is 12.5. The Balaban J connectivity index is 2.12. The summed E-state index contributed by atoms with van der Waals surface area (Å²) in [7, 11) is 0. The zero-order valence-electron chi connectivity index (χ0n) is 15.0. The molecule has 3 rings (SSSR count). The van der Waals surface area contributed by atoms with E-state index >= 15 is 0 Å². The van der Waals surface area contributed by atoms with Gasteiger partial charge in [-0.15, -0.1) is 0 Å². The second kappa shape index (κ2) is 8.15. The van der Waals surface area contributed by atoms with Crippen LogP contribution >= 0.6 is 23.2 Å². The fraction of sp³-hybridized carbons (Fsp3) is 0.238. The fourth-order valence-electron chi connectivity index (χ4n) is 3.03. The Morgan fingerprint density at radius 3 is 2.59 bits per heavy atom. The quantitative estimate of drug-likeness (QED) is 0.592. The summed E-state index contributed by atoms with van der Waals surface area (Å²) in [5.74, 6) is 0.105. The predicted molar refractivity (Wildman–Crippen MR) is 109 cm³/mol. The van der Waals surface area contributed by atoms with Gasteiger partial charge in [0.15, 0.2) is 0 Å². The van der Waals surface area contributed by atoms with Crippen molar-refractivity contribution in [2.75, 3.05) is 0 Å². The number of hydrogen-bond acceptors (Lipinski definition) is 3. The first kappa shape index (κ1) is 19.5. The number of pyridine rings is 1. The van der Waals surface area contributed by atoms with Crippen LogP contribution in [0, 0.1) is 5.92 Å². The van der Waals surface area contributed by atoms with E-state index in [1.807, 2.05) is 26.0 Å². The molecule has 0 saturated carbocycles. The van der Waals surface area contributed by atoms with Gasteiger partial charge in [-0.1, -0.05) is 61.3 Å². The van der Waals surface area contributed by atoms with Gasteiger partial charge in [-0.3, -0.25) is 9.78 Å². The van der Waals surface area contributed by atoms with E-state index in [1.165, 1.54) is 0 Å². The van der Waals surface area contributed by atoms with E-state index in [9.17, 15) is 9.90 Å². The van der Waals surface area contributed by atoms with E-state index in [4.69, 9.17) is 23.2 Å². The van der Waals surface area contributed by atoms with Gasteiger partial charge in [-0.25, -0.2) is 0 Å². The lowest BCUT2D eigenvalue weighted by molar-refractivity contribution is -0.122. The molecule has 1 heterocycles. The van der Waals surface area contributed by atoms with Crippen LogP contribution in [0.3, 0.4) is 0 Å². The summed E-state index contributed by atoms with van der Waals surface area (Å²) in [6, 6.07) is 11.8. The van der Waals surface area contributed by atoms with E-state index < -0.39 is 6.04 Å². The van der Waals surface area contributed by atoms with E-state index in [2.05, 4.69) is 10.3 Å². The largest absolute Gasteiger partial charge is 0.505 e. The highest BCUT2D eigenvalue weighted by Gasteiger charge is 2.24. The number of hydrogen-bond donors (Lipinski definition) is 2. The predicted octanol–water partition coefficient (Wildman–Crippen LogP) is 5.50. The molecule has 0 unspecified atom stereocenters. The number of nitrogens with zero attached hydrogens (tertiary/aromatic N) is 1. The molecular formula is C21H20Cl2N2O2. The highest BCUT2D eigenvalue weighted by molar-refractivity contribution is 6.35. The third kappa shape index (κ3) is 4.34. The van der Waals surface area contributed by atoms with Gasteiger partial charge < -0.3 is 10.4 Å². The number of aromatic nitrogens is 1. The summed E-state index contributed by atoms with van der Waals surface area (Å²) in [5, 5.41) is 15.6. The second-order valence-electron chi connectivity index (χ2n) is 6.84. The summed E-state index contributed by atoms with van der Waals surface area (Å²) >= 11 is 12.4. The summed E-state index contributed by atoms with van der Waals surface area (Å²) in [6.07, 6.45) is 1.99. The molecule has 6 heteroatoms. The fourth-order valence-corrected chi connectivity index (χ4v) is 3.55. The standard InChI is InChI=1S/C21H20Cl2N2O2/c1-12(2)10-18(26)25-20(15-8-6-14(22)11-17(15)23)16-7-5-13-4-3-9-24-19(13)21(16)27/h3-9,11-12,20,27H,10H2,1-2H3,(H,25,26)/t20-/m0/s1. The molecule has 0 aliphatic rings. The average Bonchev–Trinajstić information content (AvgIpc) is 2.60. The lowest BCUT2D eigenvalue weighted by atomic mass is 9.95. The van der Waals surface area contributed by atoms with Crippen LogP contribution < -0.4 is 5.32 Å². The SMILES string of the molecule is CC(C)CC(=O)N[C@@H](c1ccc(Cl)cc1Cl)c1ccc2cccnc2c1O. The van der Waals surface area contributed by atoms with Crippen molar-refractivity contribution in [1.29, 1.82) is 0 Å². The summed E-state index contributed by atoms with van der Waals surface area (Å²) in [6.45, 7) is 3.95. The van der Waals surface area contributed by atoms with Gasteiger partial charge in [0.05, 0.1) is 6.04 Å². The summed E-state index contributed by atoms with van der Waals surface area (Å²) < 4.78 is 0. The maximum absolute atomic E-state index is 12.5. The highest BCUT2D eigenvalue weighted by Crippen LogP contribution is 2.37. The molecule has 4 nitrogen and oxygen atoms in total. The number of aromatic hydroxyl groups is 1. The van der Waals surface area contributed by atoms with Crippen molar-refractivity contribution in [3.8, 4) is 5.75 Å². The number of nitrogens with one attached hydrogen (secondary N) is 1. The van der Waals surface area contributed by atoms with Crippen molar-refractivity contribution < 1.29 is 9.90 Å². The van der Waals surface area contributed by atoms with Gasteiger partial charge in [0.1, 0.15) is 11.3 Å². The molecule has 0 saturated heterocycles. The Morgan fingerprint density at radius 1 is 1.15 bits per heavy atom. The number of amides is 1. The molecule has 0 spiro atoms. The molecular weight excluding hydrogens is 383 g/mol. The maximum Gasteiger partial charge on any atom is 0.221 e. The van der Waals surface area contributed by atoms with E-state index in [-0.39, 0.29) is 17.6 Å². The molecule has 1 atom stereocenters. The molecule has 0 aliphatic carbocycles. The van der Waals surface area contributed by atoms with Gasteiger partial charge in [-0.05, 0) is 29.7 Å².